The molecule has 4 bridgehead atoms. The van der Waals surface area contributed by atoms with Gasteiger partial charge >= 0.3 is 0 Å². The van der Waals surface area contributed by atoms with Crippen molar-refractivity contribution < 1.29 is 0 Å². The summed E-state index contributed by atoms with van der Waals surface area (Å²) in [4.78, 5) is 5.19. The van der Waals surface area contributed by atoms with Gasteiger partial charge in [0, 0.05) is 12.1 Å². The first kappa shape index (κ1) is 14.7. The molecule has 118 valence electrons. The molecule has 7 rings (SSSR count). The van der Waals surface area contributed by atoms with E-state index in [-0.39, 0.29) is 0 Å². The molecule has 2 aromatic rings. The molecule has 1 nitrogen and oxygen atoms in total. The molecule has 5 aliphatic carbocycles. The van der Waals surface area contributed by atoms with Crippen molar-refractivity contribution in [3.63, 3.8) is 0 Å². The van der Waals surface area contributed by atoms with Gasteiger partial charge in [0.05, 0.1) is 6.04 Å². The molecular weight excluding hydrogens is 278 g/mol. The molecule has 0 radical (unpaired) electrons. The number of benzene rings is 2. The van der Waals surface area contributed by atoms with Gasteiger partial charge < -0.3 is 0 Å². The van der Waals surface area contributed by atoms with Crippen molar-refractivity contribution in [2.45, 2.75) is 57.4 Å². The predicted octanol–water partition coefficient (Wildman–Crippen LogP) is 5.15. The summed E-state index contributed by atoms with van der Waals surface area (Å²) in [5, 5.41) is 0. The molecule has 1 heteroatoms. The number of hydrogen-bond donors (Lipinski definition) is 0. The lowest BCUT2D eigenvalue weighted by Gasteiger charge is -2.20. The molecule has 0 unspecified atom stereocenters. The predicted molar refractivity (Wildman–Crippen MR) is 97.4 cm³/mol. The monoisotopic (exact) mass is 303 g/mol. The smallest absolute Gasteiger partial charge is 0.0503 e. The molecule has 0 heterocycles. The molecule has 0 spiro atoms. The van der Waals surface area contributed by atoms with Gasteiger partial charge in [-0.3, -0.25) is 4.99 Å². The zero-order valence-corrected chi connectivity index (χ0v) is 13.8. The molecule has 0 atom stereocenters. The summed E-state index contributed by atoms with van der Waals surface area (Å²) >= 11 is 0. The minimum Gasteiger partial charge on any atom is -0.285 e. The lowest BCUT2D eigenvalue weighted by Crippen LogP contribution is -2.15. The van der Waals surface area contributed by atoms with Crippen LogP contribution in [-0.4, -0.2) is 11.8 Å². The summed E-state index contributed by atoms with van der Waals surface area (Å²) < 4.78 is 0. The maximum absolute atomic E-state index is 5.19. The summed E-state index contributed by atoms with van der Waals surface area (Å²) in [5.41, 5.74) is 6.83. The maximum atomic E-state index is 5.19. The molecule has 1 saturated carbocycles. The van der Waals surface area contributed by atoms with Crippen LogP contribution in [0.2, 0.25) is 0 Å². The number of rotatable bonds is 1. The molecule has 5 aliphatic rings. The molecule has 0 aliphatic heterocycles. The Bertz CT molecular complexity index is 673. The molecule has 0 N–H and O–H groups in total. The van der Waals surface area contributed by atoms with Crippen molar-refractivity contribution in [2.24, 2.45) is 4.99 Å². The summed E-state index contributed by atoms with van der Waals surface area (Å²) in [7, 11) is 0. The highest BCUT2D eigenvalue weighted by molar-refractivity contribution is 6.02. The van der Waals surface area contributed by atoms with Crippen LogP contribution in [0.1, 0.15) is 54.4 Å². The summed E-state index contributed by atoms with van der Waals surface area (Å²) in [6.45, 7) is 0. The van der Waals surface area contributed by atoms with E-state index in [1.807, 2.05) is 0 Å². The quantitative estimate of drug-likeness (QED) is 0.691. The van der Waals surface area contributed by atoms with E-state index in [0.29, 0.717) is 6.04 Å². The topological polar surface area (TPSA) is 12.4 Å². The lowest BCUT2D eigenvalue weighted by atomic mass is 9.93. The minimum absolute atomic E-state index is 0.533. The molecule has 0 amide bonds. The lowest BCUT2D eigenvalue weighted by molar-refractivity contribution is 0.443. The molecule has 0 saturated heterocycles. The van der Waals surface area contributed by atoms with Gasteiger partial charge in [-0.05, 0) is 47.9 Å². The standard InChI is InChI=1S/C22H25N/c1-2-4-21(5-3-1)23-22-16-19-10-8-17(9-11-19)6-7-18-12-14-20(22)15-13-18/h8-15,21H,1-7,16H2. The highest BCUT2D eigenvalue weighted by Crippen LogP contribution is 2.23. The summed E-state index contributed by atoms with van der Waals surface area (Å²) in [5.74, 6) is 0. The largest absolute Gasteiger partial charge is 0.285 e. The van der Waals surface area contributed by atoms with Crippen LogP contribution in [0, 0.1) is 0 Å². The number of aryl methyl sites for hydroxylation is 2. The second-order valence-corrected chi connectivity index (χ2v) is 7.06. The number of hydrogen-bond acceptors (Lipinski definition) is 1. The Labute approximate surface area is 139 Å². The Balaban J connectivity index is 1.71. The molecule has 23 heavy (non-hydrogen) atoms. The van der Waals surface area contributed by atoms with E-state index in [9.17, 15) is 0 Å². The molecule has 1 fully saturated rings. The van der Waals surface area contributed by atoms with E-state index in [2.05, 4.69) is 48.5 Å². The van der Waals surface area contributed by atoms with E-state index in [1.165, 1.54) is 60.1 Å². The van der Waals surface area contributed by atoms with Crippen molar-refractivity contribution in [3.05, 3.63) is 70.8 Å². The van der Waals surface area contributed by atoms with Gasteiger partial charge in [-0.1, -0.05) is 67.8 Å². The third-order valence-electron chi connectivity index (χ3n) is 5.30. The van der Waals surface area contributed by atoms with E-state index >= 15 is 0 Å². The Morgan fingerprint density at radius 1 is 0.652 bits per heavy atom. The zero-order valence-electron chi connectivity index (χ0n) is 13.8. The fourth-order valence-corrected chi connectivity index (χ4v) is 3.82. The normalized spacial score (nSPS) is 20.4. The van der Waals surface area contributed by atoms with E-state index in [0.717, 1.165) is 19.3 Å². The van der Waals surface area contributed by atoms with Gasteiger partial charge in [-0.25, -0.2) is 0 Å². The van der Waals surface area contributed by atoms with Crippen LogP contribution in [-0.2, 0) is 19.3 Å². The first-order valence-corrected chi connectivity index (χ1v) is 9.11. The third kappa shape index (κ3) is 3.55. The van der Waals surface area contributed by atoms with E-state index < -0.39 is 0 Å². The van der Waals surface area contributed by atoms with Crippen LogP contribution < -0.4 is 0 Å². The fourth-order valence-electron chi connectivity index (χ4n) is 3.82. The zero-order chi connectivity index (χ0) is 15.5. The minimum atomic E-state index is 0.533. The first-order chi connectivity index (χ1) is 11.4. The number of aliphatic imine (C=N–C) groups is 1. The second kappa shape index (κ2) is 6.70. The first-order valence-electron chi connectivity index (χ1n) is 9.11. The average Bonchev–Trinajstić information content (AvgIpc) is 2.60. The van der Waals surface area contributed by atoms with Crippen molar-refractivity contribution in [1.82, 2.24) is 0 Å². The maximum Gasteiger partial charge on any atom is 0.0503 e. The molecule has 2 aromatic carbocycles. The van der Waals surface area contributed by atoms with Crippen LogP contribution in [0.15, 0.2) is 53.5 Å². The fraction of sp³-hybridized carbons (Fsp3) is 0.409. The Kier molecular flexibility index (Phi) is 4.28. The molecule has 0 aromatic heterocycles. The van der Waals surface area contributed by atoms with Gasteiger partial charge in [0.1, 0.15) is 0 Å². The average molecular weight is 303 g/mol. The van der Waals surface area contributed by atoms with Gasteiger partial charge in [0.2, 0.25) is 0 Å². The van der Waals surface area contributed by atoms with Gasteiger partial charge in [-0.2, -0.15) is 0 Å². The van der Waals surface area contributed by atoms with Crippen LogP contribution in [0.4, 0.5) is 0 Å². The second-order valence-electron chi connectivity index (χ2n) is 7.06. The highest BCUT2D eigenvalue weighted by atomic mass is 14.8. The van der Waals surface area contributed by atoms with Gasteiger partial charge in [0.25, 0.3) is 0 Å². The number of nitrogens with zero attached hydrogens (tertiary/aromatic N) is 1. The summed E-state index contributed by atoms with van der Waals surface area (Å²) in [6.07, 6.45) is 9.80. The van der Waals surface area contributed by atoms with Crippen molar-refractivity contribution in [2.75, 3.05) is 0 Å². The van der Waals surface area contributed by atoms with Crippen LogP contribution in [0.3, 0.4) is 0 Å². The Morgan fingerprint density at radius 3 is 1.87 bits per heavy atom. The van der Waals surface area contributed by atoms with Crippen molar-refractivity contribution in [1.29, 1.82) is 0 Å². The van der Waals surface area contributed by atoms with Crippen LogP contribution >= 0.6 is 0 Å². The Morgan fingerprint density at radius 2 is 1.22 bits per heavy atom. The third-order valence-corrected chi connectivity index (χ3v) is 5.30. The summed E-state index contributed by atoms with van der Waals surface area (Å²) in [6, 6.07) is 18.8. The van der Waals surface area contributed by atoms with Crippen molar-refractivity contribution in [3.8, 4) is 0 Å². The van der Waals surface area contributed by atoms with E-state index in [1.54, 1.807) is 0 Å². The highest BCUT2D eigenvalue weighted by Gasteiger charge is 2.15. The van der Waals surface area contributed by atoms with Gasteiger partial charge in [0.15, 0.2) is 0 Å². The molecular formula is C22H25N. The van der Waals surface area contributed by atoms with Crippen molar-refractivity contribution >= 4 is 5.71 Å². The Hall–Kier alpha value is -1.89. The van der Waals surface area contributed by atoms with Crippen LogP contribution in [0.5, 0.6) is 0 Å². The van der Waals surface area contributed by atoms with E-state index in [4.69, 9.17) is 4.99 Å². The van der Waals surface area contributed by atoms with Crippen LogP contribution in [0.25, 0.3) is 0 Å². The SMILES string of the molecule is c1cc2ccc1CCc1ccc(cc1)C(=NC1CCCCC1)C2. The van der Waals surface area contributed by atoms with Gasteiger partial charge in [-0.15, -0.1) is 0 Å².